The lowest BCUT2D eigenvalue weighted by Crippen LogP contribution is -2.44. The van der Waals surface area contributed by atoms with E-state index in [-0.39, 0.29) is 30.0 Å². The van der Waals surface area contributed by atoms with Crippen LogP contribution in [0, 0.1) is 0 Å². The smallest absolute Gasteiger partial charge is 0.233 e. The maximum Gasteiger partial charge on any atom is 0.233 e. The molecule has 2 rings (SSSR count). The van der Waals surface area contributed by atoms with E-state index < -0.39 is 10.0 Å². The lowest BCUT2D eigenvalue weighted by molar-refractivity contribution is -0.134. The summed E-state index contributed by atoms with van der Waals surface area (Å²) < 4.78 is 27.1. The zero-order valence-electron chi connectivity index (χ0n) is 15.3. The molecule has 0 bridgehead atoms. The Morgan fingerprint density at radius 3 is 2.65 bits per heavy atom. The van der Waals surface area contributed by atoms with Gasteiger partial charge in [-0.3, -0.25) is 14.3 Å². The van der Waals surface area contributed by atoms with Gasteiger partial charge in [0.15, 0.2) is 0 Å². The average Bonchev–Trinajstić information content (AvgIpc) is 2.59. The molecule has 0 radical (unpaired) electrons. The molecular weight excluding hydrogens is 354 g/mol. The maximum atomic E-state index is 12.4. The fraction of sp³-hybridized carbons (Fsp3) is 0.556. The van der Waals surface area contributed by atoms with Crippen LogP contribution < -0.4 is 10.0 Å². The van der Waals surface area contributed by atoms with Crippen molar-refractivity contribution in [3.05, 3.63) is 24.3 Å². The number of amides is 2. The number of benzene rings is 1. The van der Waals surface area contributed by atoms with Crippen LogP contribution in [-0.4, -0.2) is 43.5 Å². The molecule has 1 aromatic rings. The Kier molecular flexibility index (Phi) is 7.02. The number of rotatable bonds is 7. The van der Waals surface area contributed by atoms with Gasteiger partial charge in [-0.25, -0.2) is 8.42 Å². The molecule has 0 aromatic heterocycles. The molecule has 2 N–H and O–H groups in total. The Labute approximate surface area is 155 Å². The minimum Gasteiger partial charge on any atom is -0.340 e. The SMILES string of the molecule is CCC1CCCCN1C(=O)CCS(=O)(=O)Nc1cccc(NC(C)=O)c1. The zero-order valence-corrected chi connectivity index (χ0v) is 16.1. The molecule has 8 heteroatoms. The Morgan fingerprint density at radius 2 is 1.96 bits per heavy atom. The second-order valence-electron chi connectivity index (χ2n) is 6.58. The molecule has 1 fully saturated rings. The largest absolute Gasteiger partial charge is 0.340 e. The molecule has 1 unspecified atom stereocenters. The number of hydrogen-bond donors (Lipinski definition) is 2. The molecule has 26 heavy (non-hydrogen) atoms. The molecular formula is C18H27N3O4S. The van der Waals surface area contributed by atoms with E-state index in [4.69, 9.17) is 0 Å². The molecule has 1 saturated heterocycles. The number of piperidine rings is 1. The highest BCUT2D eigenvalue weighted by atomic mass is 32.2. The number of sulfonamides is 1. The Balaban J connectivity index is 1.94. The second kappa shape index (κ2) is 9.02. The lowest BCUT2D eigenvalue weighted by atomic mass is 10.00. The average molecular weight is 381 g/mol. The van der Waals surface area contributed by atoms with Gasteiger partial charge in [-0.05, 0) is 43.9 Å². The number of anilines is 2. The quantitative estimate of drug-likeness (QED) is 0.759. The van der Waals surface area contributed by atoms with Crippen molar-refractivity contribution in [3.8, 4) is 0 Å². The number of carbonyl (C=O) groups is 2. The summed E-state index contributed by atoms with van der Waals surface area (Å²) in [4.78, 5) is 25.4. The number of nitrogens with zero attached hydrogens (tertiary/aromatic N) is 1. The first-order chi connectivity index (χ1) is 12.3. The van der Waals surface area contributed by atoms with Crippen LogP contribution in [0.4, 0.5) is 11.4 Å². The predicted molar refractivity (Wildman–Crippen MR) is 102 cm³/mol. The molecule has 1 aliphatic heterocycles. The molecule has 0 aliphatic carbocycles. The predicted octanol–water partition coefficient (Wildman–Crippen LogP) is 2.57. The molecule has 144 valence electrons. The van der Waals surface area contributed by atoms with Gasteiger partial charge < -0.3 is 10.2 Å². The van der Waals surface area contributed by atoms with E-state index in [1.807, 2.05) is 4.90 Å². The molecule has 2 amide bonds. The van der Waals surface area contributed by atoms with E-state index in [2.05, 4.69) is 17.0 Å². The maximum absolute atomic E-state index is 12.4. The third-order valence-corrected chi connectivity index (χ3v) is 5.75. The first-order valence-electron chi connectivity index (χ1n) is 8.98. The summed E-state index contributed by atoms with van der Waals surface area (Å²) in [6, 6.07) is 6.68. The van der Waals surface area contributed by atoms with Gasteiger partial charge >= 0.3 is 0 Å². The van der Waals surface area contributed by atoms with E-state index in [1.165, 1.54) is 6.92 Å². The summed E-state index contributed by atoms with van der Waals surface area (Å²) in [5.41, 5.74) is 0.862. The number of likely N-dealkylation sites (tertiary alicyclic amines) is 1. The summed E-state index contributed by atoms with van der Waals surface area (Å²) in [7, 11) is -3.65. The van der Waals surface area contributed by atoms with Crippen molar-refractivity contribution in [1.29, 1.82) is 0 Å². The molecule has 1 heterocycles. The minimum atomic E-state index is -3.65. The van der Waals surface area contributed by atoms with Crippen LogP contribution in [0.2, 0.25) is 0 Å². The topological polar surface area (TPSA) is 95.6 Å². The van der Waals surface area contributed by atoms with E-state index in [0.29, 0.717) is 17.9 Å². The first kappa shape index (κ1) is 20.2. The van der Waals surface area contributed by atoms with Crippen molar-refractivity contribution in [1.82, 2.24) is 4.90 Å². The molecule has 0 spiro atoms. The van der Waals surface area contributed by atoms with E-state index >= 15 is 0 Å². The summed E-state index contributed by atoms with van der Waals surface area (Å²) in [6.07, 6.45) is 3.95. The van der Waals surface area contributed by atoms with Crippen LogP contribution in [-0.2, 0) is 19.6 Å². The zero-order chi connectivity index (χ0) is 19.2. The molecule has 7 nitrogen and oxygen atoms in total. The van der Waals surface area contributed by atoms with E-state index in [1.54, 1.807) is 24.3 Å². The van der Waals surface area contributed by atoms with Crippen molar-refractivity contribution in [2.45, 2.75) is 52.0 Å². The molecule has 1 aromatic carbocycles. The fourth-order valence-electron chi connectivity index (χ4n) is 3.21. The van der Waals surface area contributed by atoms with Crippen LogP contribution in [0.25, 0.3) is 0 Å². The Hall–Kier alpha value is -2.09. The van der Waals surface area contributed by atoms with Crippen molar-refractivity contribution >= 4 is 33.2 Å². The van der Waals surface area contributed by atoms with Crippen LogP contribution in [0.3, 0.4) is 0 Å². The van der Waals surface area contributed by atoms with Crippen LogP contribution in [0.15, 0.2) is 24.3 Å². The summed E-state index contributed by atoms with van der Waals surface area (Å²) in [5.74, 6) is -0.597. The van der Waals surface area contributed by atoms with Gasteiger partial charge in [0, 0.05) is 31.6 Å². The van der Waals surface area contributed by atoms with Crippen LogP contribution in [0.5, 0.6) is 0 Å². The number of nitrogens with one attached hydrogen (secondary N) is 2. The summed E-state index contributed by atoms with van der Waals surface area (Å²) in [6.45, 7) is 4.15. The molecule has 0 saturated carbocycles. The van der Waals surface area contributed by atoms with Crippen molar-refractivity contribution in [2.24, 2.45) is 0 Å². The normalized spacial score (nSPS) is 17.6. The van der Waals surface area contributed by atoms with Gasteiger partial charge in [0.2, 0.25) is 21.8 Å². The summed E-state index contributed by atoms with van der Waals surface area (Å²) >= 11 is 0. The fourth-order valence-corrected chi connectivity index (χ4v) is 4.24. The Morgan fingerprint density at radius 1 is 1.23 bits per heavy atom. The molecule has 1 aliphatic rings. The van der Waals surface area contributed by atoms with Gasteiger partial charge in [-0.1, -0.05) is 13.0 Å². The van der Waals surface area contributed by atoms with Crippen molar-refractivity contribution in [2.75, 3.05) is 22.3 Å². The second-order valence-corrected chi connectivity index (χ2v) is 8.42. The highest BCUT2D eigenvalue weighted by Gasteiger charge is 2.26. The highest BCUT2D eigenvalue weighted by molar-refractivity contribution is 7.92. The van der Waals surface area contributed by atoms with Gasteiger partial charge in [0.05, 0.1) is 11.4 Å². The molecule has 1 atom stereocenters. The number of carbonyl (C=O) groups excluding carboxylic acids is 2. The van der Waals surface area contributed by atoms with Gasteiger partial charge in [-0.15, -0.1) is 0 Å². The summed E-state index contributed by atoms with van der Waals surface area (Å²) in [5, 5.41) is 2.60. The Bertz CT molecular complexity index is 749. The third-order valence-electron chi connectivity index (χ3n) is 4.46. The monoisotopic (exact) mass is 381 g/mol. The standard InChI is InChI=1S/C18H27N3O4S/c1-3-17-9-4-5-11-21(17)18(23)10-12-26(24,25)20-16-8-6-7-15(13-16)19-14(2)22/h6-8,13,17,20H,3-5,9-12H2,1-2H3,(H,19,22). The van der Waals surface area contributed by atoms with Crippen LogP contribution >= 0.6 is 0 Å². The third kappa shape index (κ3) is 6.01. The first-order valence-corrected chi connectivity index (χ1v) is 10.6. The van der Waals surface area contributed by atoms with Crippen LogP contribution in [0.1, 0.15) is 46.0 Å². The van der Waals surface area contributed by atoms with E-state index in [9.17, 15) is 18.0 Å². The van der Waals surface area contributed by atoms with Gasteiger partial charge in [0.1, 0.15) is 0 Å². The van der Waals surface area contributed by atoms with E-state index in [0.717, 1.165) is 25.7 Å². The lowest BCUT2D eigenvalue weighted by Gasteiger charge is -2.35. The number of hydrogen-bond acceptors (Lipinski definition) is 4. The highest BCUT2D eigenvalue weighted by Crippen LogP contribution is 2.21. The minimum absolute atomic E-state index is 0.0305. The van der Waals surface area contributed by atoms with Gasteiger partial charge in [0.25, 0.3) is 0 Å². The van der Waals surface area contributed by atoms with Crippen molar-refractivity contribution in [3.63, 3.8) is 0 Å². The van der Waals surface area contributed by atoms with Crippen molar-refractivity contribution < 1.29 is 18.0 Å². The van der Waals surface area contributed by atoms with Gasteiger partial charge in [-0.2, -0.15) is 0 Å².